The number of rotatable bonds is 14. The molecule has 0 saturated carbocycles. The molecule has 14 nitrogen and oxygen atoms in total. The van der Waals surface area contributed by atoms with Gasteiger partial charge in [-0.3, -0.25) is 9.59 Å². The lowest BCUT2D eigenvalue weighted by Crippen LogP contribution is -2.63. The molecular formula is C43H71NO13. The van der Waals surface area contributed by atoms with E-state index in [9.17, 15) is 29.7 Å². The van der Waals surface area contributed by atoms with E-state index in [2.05, 4.69) is 6.92 Å². The molecule has 5 aliphatic rings. The van der Waals surface area contributed by atoms with Gasteiger partial charge in [0.1, 0.15) is 5.78 Å². The van der Waals surface area contributed by atoms with Gasteiger partial charge in [-0.2, -0.15) is 0 Å². The molecule has 4 fully saturated rings. The Morgan fingerprint density at radius 2 is 1.58 bits per heavy atom. The van der Waals surface area contributed by atoms with Crippen LogP contribution in [0, 0.1) is 29.6 Å². The van der Waals surface area contributed by atoms with Crippen LogP contribution in [0.3, 0.4) is 0 Å². The van der Waals surface area contributed by atoms with Gasteiger partial charge in [-0.15, -0.1) is 0 Å². The monoisotopic (exact) mass is 809 g/mol. The number of hydrogen-bond acceptors (Lipinski definition) is 13. The van der Waals surface area contributed by atoms with Crippen LogP contribution >= 0.6 is 0 Å². The normalized spacial score (nSPS) is 41.0. The van der Waals surface area contributed by atoms with Crippen LogP contribution in [0.1, 0.15) is 133 Å². The third-order valence-electron chi connectivity index (χ3n) is 13.8. The number of aliphatic hydroxyl groups is 2. The van der Waals surface area contributed by atoms with Gasteiger partial charge in [-0.05, 0) is 103 Å². The Morgan fingerprint density at radius 3 is 2.19 bits per heavy atom. The Bertz CT molecular complexity index is 1430. The van der Waals surface area contributed by atoms with E-state index >= 15 is 0 Å². The van der Waals surface area contributed by atoms with Gasteiger partial charge in [0.2, 0.25) is 5.79 Å². The van der Waals surface area contributed by atoms with Gasteiger partial charge in [0.25, 0.3) is 0 Å². The third-order valence-corrected chi connectivity index (χ3v) is 13.8. The number of ether oxygens (including phenoxy) is 7. The number of aliphatic carboxylic acids is 1. The average molecular weight is 810 g/mol. The molecule has 57 heavy (non-hydrogen) atoms. The lowest BCUT2D eigenvalue weighted by Gasteiger charge is -2.54. The van der Waals surface area contributed by atoms with Gasteiger partial charge < -0.3 is 54.2 Å². The minimum Gasteiger partial charge on any atom is -0.481 e. The highest BCUT2D eigenvalue weighted by molar-refractivity contribution is 5.84. The summed E-state index contributed by atoms with van der Waals surface area (Å²) in [4.78, 5) is 39.2. The highest BCUT2D eigenvalue weighted by Gasteiger charge is 2.62. The highest BCUT2D eigenvalue weighted by Crippen LogP contribution is 2.52. The number of carbonyl (C=O) groups is 3. The number of nitrogens with two attached hydrogens (primary N) is 1. The van der Waals surface area contributed by atoms with Gasteiger partial charge in [-0.1, -0.05) is 41.5 Å². The van der Waals surface area contributed by atoms with Crippen molar-refractivity contribution in [2.45, 2.75) is 211 Å². The number of hydrogen-bond donors (Lipinski definition) is 4. The van der Waals surface area contributed by atoms with Gasteiger partial charge in [-0.25, -0.2) is 4.79 Å². The molecule has 5 heterocycles. The summed E-state index contributed by atoms with van der Waals surface area (Å²) in [5.74, 6) is -6.29. The summed E-state index contributed by atoms with van der Waals surface area (Å²) in [6, 6.07) is -0.894. The lowest BCUT2D eigenvalue weighted by molar-refractivity contribution is -0.401. The molecule has 326 valence electrons. The van der Waals surface area contributed by atoms with E-state index in [1.807, 2.05) is 34.6 Å². The molecule has 17 atom stereocenters. The van der Waals surface area contributed by atoms with Gasteiger partial charge in [0.05, 0.1) is 66.4 Å². The predicted octanol–water partition coefficient (Wildman–Crippen LogP) is 5.81. The standard InChI is InChI=1S/C43H71NO13/c1-10-28(39(47)48)30-14-13-15-33(53-30)35(44)37(46)26(8)36(45)29(11-2)38-24(6)22-25(7)42(56-38)21-18-34(54-40(49)51-23(4)5)43(57-42)20-17-32(55-43)31-16-19-41(50,12-3)27(9)52-31/h18,21,23-35,37-38,46,50H,10-17,19-20,22,44H2,1-9H3,(H,47,48). The van der Waals surface area contributed by atoms with Crippen LogP contribution in [-0.4, -0.2) is 111 Å². The summed E-state index contributed by atoms with van der Waals surface area (Å²) < 4.78 is 44.6. The SMILES string of the molecule is CCC(C(=O)O)C1CCCC(C(N)C(O)C(C)C(=O)C(CC)C2OC3(C=CC(OC(=O)OC(C)C)C4(CCC(C5CCC(O)(CC)C(C)O5)O4)O3)C(C)CC2C)O1. The molecule has 4 saturated heterocycles. The van der Waals surface area contributed by atoms with Crippen molar-refractivity contribution in [1.82, 2.24) is 0 Å². The van der Waals surface area contributed by atoms with Crippen molar-refractivity contribution < 1.29 is 62.9 Å². The topological polar surface area (TPSA) is 203 Å². The number of carboxylic acids is 1. The Balaban J connectivity index is 1.35. The molecule has 17 unspecified atom stereocenters. The Kier molecular flexibility index (Phi) is 15.0. The van der Waals surface area contributed by atoms with Crippen molar-refractivity contribution in [2.75, 3.05) is 0 Å². The Hall–Kier alpha value is -2.17. The summed E-state index contributed by atoms with van der Waals surface area (Å²) in [5, 5.41) is 32.3. The van der Waals surface area contributed by atoms with Crippen LogP contribution in [0.15, 0.2) is 12.2 Å². The summed E-state index contributed by atoms with van der Waals surface area (Å²) in [5.41, 5.74) is 5.69. The molecule has 0 aromatic rings. The second kappa shape index (κ2) is 18.6. The molecule has 14 heteroatoms. The van der Waals surface area contributed by atoms with Crippen LogP contribution in [0.4, 0.5) is 4.79 Å². The molecule has 5 N–H and O–H groups in total. The Morgan fingerprint density at radius 1 is 0.912 bits per heavy atom. The third kappa shape index (κ3) is 9.58. The minimum absolute atomic E-state index is 0.0587. The first-order chi connectivity index (χ1) is 26.8. The van der Waals surface area contributed by atoms with E-state index < -0.39 is 102 Å². The molecule has 0 bridgehead atoms. The van der Waals surface area contributed by atoms with Gasteiger partial charge in [0.15, 0.2) is 11.9 Å². The minimum atomic E-state index is -1.45. The van der Waals surface area contributed by atoms with Gasteiger partial charge >= 0.3 is 12.1 Å². The number of Topliss-reactive ketones (excluding diaryl/α,β-unsaturated/α-hetero) is 1. The summed E-state index contributed by atoms with van der Waals surface area (Å²) in [6.07, 6.45) is 3.27. The van der Waals surface area contributed by atoms with Crippen molar-refractivity contribution in [3.05, 3.63) is 12.2 Å². The van der Waals surface area contributed by atoms with E-state index in [1.54, 1.807) is 32.9 Å². The van der Waals surface area contributed by atoms with Crippen molar-refractivity contribution >= 4 is 17.9 Å². The molecule has 2 spiro atoms. The fraction of sp³-hybridized carbons (Fsp3) is 0.884. The maximum absolute atomic E-state index is 14.4. The maximum Gasteiger partial charge on any atom is 0.509 e. The second-order valence-electron chi connectivity index (χ2n) is 17.9. The lowest BCUT2D eigenvalue weighted by atomic mass is 9.73. The van der Waals surface area contributed by atoms with Gasteiger partial charge in [0, 0.05) is 24.2 Å². The first-order valence-corrected chi connectivity index (χ1v) is 21.7. The van der Waals surface area contributed by atoms with E-state index in [0.717, 1.165) is 0 Å². The maximum atomic E-state index is 14.4. The largest absolute Gasteiger partial charge is 0.509 e. The van der Waals surface area contributed by atoms with E-state index in [-0.39, 0.29) is 23.7 Å². The molecular weight excluding hydrogens is 738 g/mol. The number of aliphatic hydroxyl groups excluding tert-OH is 1. The first kappa shape index (κ1) is 45.9. The second-order valence-corrected chi connectivity index (χ2v) is 17.9. The van der Waals surface area contributed by atoms with Crippen LogP contribution in [0.5, 0.6) is 0 Å². The van der Waals surface area contributed by atoms with Crippen LogP contribution in [0.2, 0.25) is 0 Å². The molecule has 0 aromatic carbocycles. The zero-order chi connectivity index (χ0) is 42.0. The smallest absolute Gasteiger partial charge is 0.481 e. The van der Waals surface area contributed by atoms with Crippen molar-refractivity contribution in [3.63, 3.8) is 0 Å². The fourth-order valence-corrected chi connectivity index (χ4v) is 10.1. The number of carbonyl (C=O) groups excluding carboxylic acids is 2. The van der Waals surface area contributed by atoms with E-state index in [0.29, 0.717) is 70.6 Å². The number of carboxylic acid groups (broad SMARTS) is 1. The van der Waals surface area contributed by atoms with E-state index in [1.165, 1.54) is 0 Å². The van der Waals surface area contributed by atoms with Crippen molar-refractivity contribution in [3.8, 4) is 0 Å². The fourth-order valence-electron chi connectivity index (χ4n) is 10.1. The first-order valence-electron chi connectivity index (χ1n) is 21.7. The highest BCUT2D eigenvalue weighted by atomic mass is 16.8. The van der Waals surface area contributed by atoms with Crippen LogP contribution in [-0.2, 0) is 42.7 Å². The van der Waals surface area contributed by atoms with Crippen LogP contribution < -0.4 is 5.73 Å². The van der Waals surface area contributed by atoms with E-state index in [4.69, 9.17) is 38.9 Å². The van der Waals surface area contributed by atoms with Crippen LogP contribution in [0.25, 0.3) is 0 Å². The molecule has 5 aliphatic heterocycles. The van der Waals surface area contributed by atoms with Crippen molar-refractivity contribution in [2.24, 2.45) is 35.3 Å². The molecule has 0 radical (unpaired) electrons. The zero-order valence-electron chi connectivity index (χ0n) is 35.6. The summed E-state index contributed by atoms with van der Waals surface area (Å²) in [6.45, 7) is 16.8. The molecule has 5 rings (SSSR count). The molecule has 0 aromatic heterocycles. The average Bonchev–Trinajstić information content (AvgIpc) is 3.59. The molecule has 0 amide bonds. The predicted molar refractivity (Wildman–Crippen MR) is 209 cm³/mol. The zero-order valence-corrected chi connectivity index (χ0v) is 35.6. The number of ketones is 1. The Labute approximate surface area is 338 Å². The quantitative estimate of drug-likeness (QED) is 0.121. The molecule has 0 aliphatic carbocycles. The summed E-state index contributed by atoms with van der Waals surface area (Å²) in [7, 11) is 0. The summed E-state index contributed by atoms with van der Waals surface area (Å²) >= 11 is 0. The van der Waals surface area contributed by atoms with Crippen molar-refractivity contribution in [1.29, 1.82) is 0 Å².